The number of halogens is 1. The van der Waals surface area contributed by atoms with Gasteiger partial charge in [0.2, 0.25) is 0 Å². The minimum atomic E-state index is -1.03. The lowest BCUT2D eigenvalue weighted by Crippen LogP contribution is -2.53. The van der Waals surface area contributed by atoms with Crippen LogP contribution in [0.2, 0.25) is 0 Å². The monoisotopic (exact) mass is 459 g/mol. The number of rotatable bonds is 6. The van der Waals surface area contributed by atoms with Crippen molar-refractivity contribution in [2.45, 2.75) is 31.1 Å². The van der Waals surface area contributed by atoms with Gasteiger partial charge in [-0.2, -0.15) is 0 Å². The van der Waals surface area contributed by atoms with Crippen molar-refractivity contribution in [1.29, 1.82) is 0 Å². The summed E-state index contributed by atoms with van der Waals surface area (Å²) < 4.78 is 12.4. The van der Waals surface area contributed by atoms with Crippen LogP contribution in [0.3, 0.4) is 0 Å². The molecule has 4 rings (SSSR count). The number of ether oxygens (including phenoxy) is 2. The molecule has 1 saturated heterocycles. The summed E-state index contributed by atoms with van der Waals surface area (Å²) in [6, 6.07) is 17.0. The second kappa shape index (κ2) is 8.16. The van der Waals surface area contributed by atoms with E-state index in [0.29, 0.717) is 13.0 Å². The average molecular weight is 460 g/mol. The Morgan fingerprint density at radius 3 is 2.66 bits per heavy atom. The number of benzene rings is 2. The Morgan fingerprint density at radius 1 is 1.17 bits per heavy atom. The number of carboxylic acids is 1. The number of hydrogen-bond donors (Lipinski definition) is 1. The van der Waals surface area contributed by atoms with Crippen LogP contribution in [-0.4, -0.2) is 41.3 Å². The van der Waals surface area contributed by atoms with Crippen molar-refractivity contribution >= 4 is 28.0 Å². The molecule has 7 heteroatoms. The van der Waals surface area contributed by atoms with Gasteiger partial charge < -0.3 is 19.5 Å². The molecule has 3 unspecified atom stereocenters. The molecule has 0 aromatic heterocycles. The molecule has 2 fully saturated rings. The second-order valence-electron chi connectivity index (χ2n) is 7.60. The Kier molecular flexibility index (Phi) is 5.61. The molecule has 1 N–H and O–H groups in total. The van der Waals surface area contributed by atoms with E-state index in [9.17, 15) is 14.7 Å². The van der Waals surface area contributed by atoms with Crippen molar-refractivity contribution in [1.82, 2.24) is 4.90 Å². The molecule has 2 aromatic carbocycles. The van der Waals surface area contributed by atoms with Gasteiger partial charge in [0.1, 0.15) is 18.8 Å². The zero-order valence-electron chi connectivity index (χ0n) is 15.8. The van der Waals surface area contributed by atoms with Crippen molar-refractivity contribution in [2.24, 2.45) is 5.92 Å². The molecule has 2 bridgehead atoms. The van der Waals surface area contributed by atoms with Gasteiger partial charge in [0.25, 0.3) is 0 Å². The molecule has 2 aromatic rings. The summed E-state index contributed by atoms with van der Waals surface area (Å²) in [5.41, 5.74) is 0.948. The summed E-state index contributed by atoms with van der Waals surface area (Å²) >= 11 is 3.48. The number of carbonyl (C=O) groups excluding carboxylic acids is 1. The van der Waals surface area contributed by atoms with E-state index < -0.39 is 18.2 Å². The quantitative estimate of drug-likeness (QED) is 0.700. The van der Waals surface area contributed by atoms with Crippen LogP contribution in [0.4, 0.5) is 4.79 Å². The largest absolute Gasteiger partial charge is 0.480 e. The highest BCUT2D eigenvalue weighted by molar-refractivity contribution is 9.10. The molecule has 1 amide bonds. The zero-order chi connectivity index (χ0) is 20.4. The van der Waals surface area contributed by atoms with Crippen molar-refractivity contribution in [3.63, 3.8) is 0 Å². The van der Waals surface area contributed by atoms with Crippen molar-refractivity contribution < 1.29 is 24.2 Å². The van der Waals surface area contributed by atoms with Gasteiger partial charge in [-0.05, 0) is 42.0 Å². The molecule has 1 aliphatic heterocycles. The first-order chi connectivity index (χ1) is 14.0. The Morgan fingerprint density at radius 2 is 1.97 bits per heavy atom. The molecule has 3 atom stereocenters. The van der Waals surface area contributed by atoms with Crippen LogP contribution in [0.5, 0.6) is 0 Å². The van der Waals surface area contributed by atoms with Crippen LogP contribution in [-0.2, 0) is 26.5 Å². The van der Waals surface area contributed by atoms with E-state index >= 15 is 0 Å². The molecular weight excluding hydrogens is 438 g/mol. The topological polar surface area (TPSA) is 76.1 Å². The molecule has 0 spiro atoms. The van der Waals surface area contributed by atoms with Gasteiger partial charge in [-0.25, -0.2) is 9.59 Å². The maximum absolute atomic E-state index is 12.9. The van der Waals surface area contributed by atoms with Crippen molar-refractivity contribution in [3.8, 4) is 0 Å². The van der Waals surface area contributed by atoms with E-state index in [2.05, 4.69) is 15.9 Å². The fraction of sp³-hybridized carbons (Fsp3) is 0.364. The number of hydrogen-bond acceptors (Lipinski definition) is 4. The van der Waals surface area contributed by atoms with Gasteiger partial charge in [0, 0.05) is 11.0 Å². The van der Waals surface area contributed by atoms with E-state index in [4.69, 9.17) is 9.47 Å². The smallest absolute Gasteiger partial charge is 0.410 e. The van der Waals surface area contributed by atoms with Gasteiger partial charge in [-0.15, -0.1) is 0 Å². The maximum Gasteiger partial charge on any atom is 0.410 e. The van der Waals surface area contributed by atoms with Crippen LogP contribution in [0, 0.1) is 5.92 Å². The summed E-state index contributed by atoms with van der Waals surface area (Å²) in [5, 5.41) is 9.21. The minimum Gasteiger partial charge on any atom is -0.480 e. The lowest BCUT2D eigenvalue weighted by Gasteiger charge is -2.43. The molecule has 1 heterocycles. The average Bonchev–Trinajstić information content (AvgIpc) is 3.30. The molecule has 2 aliphatic rings. The second-order valence-corrected chi connectivity index (χ2v) is 8.51. The van der Waals surface area contributed by atoms with Crippen LogP contribution in [0.1, 0.15) is 24.0 Å². The summed E-state index contributed by atoms with van der Waals surface area (Å²) in [7, 11) is 0. The lowest BCUT2D eigenvalue weighted by atomic mass is 9.85. The van der Waals surface area contributed by atoms with Gasteiger partial charge >= 0.3 is 12.1 Å². The number of likely N-dealkylation sites (tertiary alicyclic amines) is 1. The number of carbonyl (C=O) groups is 2. The Labute approximate surface area is 177 Å². The van der Waals surface area contributed by atoms with E-state index in [1.807, 2.05) is 54.6 Å². The highest BCUT2D eigenvalue weighted by Gasteiger charge is 2.58. The first-order valence-electron chi connectivity index (χ1n) is 9.57. The predicted molar refractivity (Wildman–Crippen MR) is 109 cm³/mol. The number of carboxylic acid groups (broad SMARTS) is 1. The summed E-state index contributed by atoms with van der Waals surface area (Å²) in [5.74, 6) is -0.780. The third-order valence-electron chi connectivity index (χ3n) is 5.72. The van der Waals surface area contributed by atoms with Gasteiger partial charge in [-0.1, -0.05) is 58.4 Å². The van der Waals surface area contributed by atoms with Crippen LogP contribution < -0.4 is 0 Å². The molecule has 1 saturated carbocycles. The maximum atomic E-state index is 12.9. The van der Waals surface area contributed by atoms with Gasteiger partial charge in [0.15, 0.2) is 0 Å². The van der Waals surface area contributed by atoms with E-state index in [1.165, 1.54) is 0 Å². The van der Waals surface area contributed by atoms with E-state index in [-0.39, 0.29) is 24.7 Å². The molecule has 1 aliphatic carbocycles. The van der Waals surface area contributed by atoms with Gasteiger partial charge in [-0.3, -0.25) is 0 Å². The number of piperidine rings is 1. The number of aliphatic carboxylic acids is 1. The molecular formula is C22H22BrNO5. The molecule has 152 valence electrons. The Hall–Kier alpha value is -2.38. The van der Waals surface area contributed by atoms with Crippen LogP contribution in [0.15, 0.2) is 59.1 Å². The molecule has 0 radical (unpaired) electrons. The number of nitrogens with zero attached hydrogens (tertiary/aromatic N) is 1. The lowest BCUT2D eigenvalue weighted by molar-refractivity contribution is -0.157. The summed E-state index contributed by atoms with van der Waals surface area (Å²) in [6.45, 7) is 0.389. The predicted octanol–water partition coefficient (Wildman–Crippen LogP) is 4.18. The number of fused-ring (bicyclic) bond motifs is 2. The fourth-order valence-corrected chi connectivity index (χ4v) is 4.97. The Balaban J connectivity index is 1.57. The van der Waals surface area contributed by atoms with Crippen LogP contribution >= 0.6 is 15.9 Å². The fourth-order valence-electron chi connectivity index (χ4n) is 4.57. The third kappa shape index (κ3) is 4.02. The van der Waals surface area contributed by atoms with Gasteiger partial charge in [0.05, 0.1) is 6.04 Å². The molecule has 6 nitrogen and oxygen atoms in total. The van der Waals surface area contributed by atoms with E-state index in [0.717, 1.165) is 22.0 Å². The van der Waals surface area contributed by atoms with Crippen molar-refractivity contribution in [3.05, 3.63) is 70.2 Å². The first kappa shape index (κ1) is 19.9. The normalized spacial score (nSPS) is 25.2. The van der Waals surface area contributed by atoms with E-state index in [1.54, 1.807) is 4.90 Å². The van der Waals surface area contributed by atoms with Crippen molar-refractivity contribution in [2.75, 3.05) is 13.2 Å². The van der Waals surface area contributed by atoms with Crippen LogP contribution in [0.25, 0.3) is 0 Å². The summed E-state index contributed by atoms with van der Waals surface area (Å²) in [4.78, 5) is 25.8. The Bertz CT molecular complexity index is 905. The first-order valence-corrected chi connectivity index (χ1v) is 10.4. The summed E-state index contributed by atoms with van der Waals surface area (Å²) in [6.07, 6.45) is 1.07. The number of amides is 1. The third-order valence-corrected chi connectivity index (χ3v) is 6.22. The highest BCUT2D eigenvalue weighted by atomic mass is 79.9. The minimum absolute atomic E-state index is 0.202. The SMILES string of the molecule is O=C(O)COC1(c2cccc(Br)c2)CC2CC1N(C(=O)OCc1ccccc1)C2. The molecule has 29 heavy (non-hydrogen) atoms. The standard InChI is InChI=1S/C22H22BrNO5/c23-18-8-4-7-17(10-18)22(29-14-20(25)26)11-16-9-19(22)24(12-16)21(27)28-13-15-5-2-1-3-6-15/h1-8,10,16,19H,9,11-14H2,(H,25,26). The zero-order valence-corrected chi connectivity index (χ0v) is 17.4. The highest BCUT2D eigenvalue weighted by Crippen LogP contribution is 2.52.